The Balaban J connectivity index is 1.73. The lowest BCUT2D eigenvalue weighted by Gasteiger charge is -2.10. The summed E-state index contributed by atoms with van der Waals surface area (Å²) < 4.78 is 1.38. The highest BCUT2D eigenvalue weighted by atomic mass is 16.2. The summed E-state index contributed by atoms with van der Waals surface area (Å²) in [5, 5.41) is 5.84. The molecule has 2 aromatic carbocycles. The molecule has 1 heterocycles. The Hall–Kier alpha value is -3.34. The van der Waals surface area contributed by atoms with E-state index in [1.54, 1.807) is 30.5 Å². The molecule has 0 bridgehead atoms. The van der Waals surface area contributed by atoms with E-state index < -0.39 is 0 Å². The summed E-state index contributed by atoms with van der Waals surface area (Å²) in [6.07, 6.45) is 1.60. The number of pyridine rings is 1. The third kappa shape index (κ3) is 3.89. The van der Waals surface area contributed by atoms with Crippen LogP contribution < -0.4 is 16.2 Å². The van der Waals surface area contributed by atoms with Gasteiger partial charge in [0.2, 0.25) is 5.91 Å². The molecule has 0 atom stereocenters. The van der Waals surface area contributed by atoms with Crippen LogP contribution in [0.2, 0.25) is 0 Å². The minimum atomic E-state index is -0.250. The van der Waals surface area contributed by atoms with Crippen LogP contribution in [0.4, 0.5) is 17.1 Å². The van der Waals surface area contributed by atoms with Crippen LogP contribution in [0.5, 0.6) is 0 Å². The van der Waals surface area contributed by atoms with Crippen molar-refractivity contribution in [2.45, 2.75) is 6.54 Å². The molecule has 2 N–H and O–H groups in total. The largest absolute Gasteiger partial charge is 0.351 e. The SMILES string of the molecule is O=C(Cn1cccc(Nc2ccccc2)c1=O)Nc1ccccc1. The molecule has 0 aliphatic heterocycles. The van der Waals surface area contributed by atoms with E-state index in [2.05, 4.69) is 10.6 Å². The first-order valence-corrected chi connectivity index (χ1v) is 7.59. The summed E-state index contributed by atoms with van der Waals surface area (Å²) in [6.45, 7) is -0.0436. The van der Waals surface area contributed by atoms with Crippen molar-refractivity contribution in [1.29, 1.82) is 0 Å². The van der Waals surface area contributed by atoms with Gasteiger partial charge in [-0.15, -0.1) is 0 Å². The molecule has 0 saturated heterocycles. The Morgan fingerprint density at radius 2 is 1.46 bits per heavy atom. The van der Waals surface area contributed by atoms with Crippen molar-refractivity contribution in [2.24, 2.45) is 0 Å². The van der Waals surface area contributed by atoms with E-state index in [0.29, 0.717) is 11.4 Å². The van der Waals surface area contributed by atoms with Crippen LogP contribution in [0.3, 0.4) is 0 Å². The third-order valence-electron chi connectivity index (χ3n) is 3.44. The highest BCUT2D eigenvalue weighted by Gasteiger charge is 2.08. The van der Waals surface area contributed by atoms with E-state index >= 15 is 0 Å². The molecule has 3 aromatic rings. The second-order valence-corrected chi connectivity index (χ2v) is 5.26. The number of nitrogens with one attached hydrogen (secondary N) is 2. The number of hydrogen-bond acceptors (Lipinski definition) is 3. The van der Waals surface area contributed by atoms with Gasteiger partial charge in [0.05, 0.1) is 0 Å². The number of anilines is 3. The van der Waals surface area contributed by atoms with Gasteiger partial charge in [-0.2, -0.15) is 0 Å². The molecule has 0 aliphatic carbocycles. The Morgan fingerprint density at radius 3 is 2.12 bits per heavy atom. The van der Waals surface area contributed by atoms with Gasteiger partial charge in [-0.1, -0.05) is 36.4 Å². The quantitative estimate of drug-likeness (QED) is 0.759. The smallest absolute Gasteiger partial charge is 0.274 e. The maximum Gasteiger partial charge on any atom is 0.274 e. The lowest BCUT2D eigenvalue weighted by atomic mass is 10.3. The van der Waals surface area contributed by atoms with Gasteiger partial charge in [-0.25, -0.2) is 0 Å². The second kappa shape index (κ2) is 7.28. The van der Waals surface area contributed by atoms with Gasteiger partial charge < -0.3 is 15.2 Å². The number of para-hydroxylation sites is 2. The van der Waals surface area contributed by atoms with E-state index in [-0.39, 0.29) is 18.0 Å². The van der Waals surface area contributed by atoms with Gasteiger partial charge >= 0.3 is 0 Å². The first-order valence-electron chi connectivity index (χ1n) is 7.59. The van der Waals surface area contributed by atoms with Crippen LogP contribution >= 0.6 is 0 Å². The van der Waals surface area contributed by atoms with E-state index in [1.165, 1.54) is 4.57 Å². The van der Waals surface area contributed by atoms with Gasteiger partial charge in [0.25, 0.3) is 5.56 Å². The molecular weight excluding hydrogens is 302 g/mol. The molecule has 5 nitrogen and oxygen atoms in total. The third-order valence-corrected chi connectivity index (χ3v) is 3.44. The molecule has 1 aromatic heterocycles. The maximum atomic E-state index is 12.5. The normalized spacial score (nSPS) is 10.2. The zero-order valence-electron chi connectivity index (χ0n) is 13.0. The molecule has 24 heavy (non-hydrogen) atoms. The maximum absolute atomic E-state index is 12.5. The summed E-state index contributed by atoms with van der Waals surface area (Å²) in [7, 11) is 0. The number of carbonyl (C=O) groups excluding carboxylic acids is 1. The lowest BCUT2D eigenvalue weighted by Crippen LogP contribution is -2.28. The molecule has 3 rings (SSSR count). The first kappa shape index (κ1) is 15.6. The Labute approximate surface area is 139 Å². The molecule has 0 aliphatic rings. The average Bonchev–Trinajstić information content (AvgIpc) is 2.60. The first-order chi connectivity index (χ1) is 11.7. The van der Waals surface area contributed by atoms with E-state index in [4.69, 9.17) is 0 Å². The molecule has 0 spiro atoms. The molecular formula is C19H17N3O2. The van der Waals surface area contributed by atoms with Crippen molar-refractivity contribution in [2.75, 3.05) is 10.6 Å². The standard InChI is InChI=1S/C19H17N3O2/c23-18(21-16-10-5-2-6-11-16)14-22-13-7-12-17(19(22)24)20-15-8-3-1-4-9-15/h1-13,20H,14H2,(H,21,23). The Bertz CT molecular complexity index is 874. The highest BCUT2D eigenvalue weighted by molar-refractivity contribution is 5.90. The fraction of sp³-hybridized carbons (Fsp3) is 0.0526. The van der Waals surface area contributed by atoms with Gasteiger partial charge in [-0.05, 0) is 36.4 Å². The fourth-order valence-corrected chi connectivity index (χ4v) is 2.31. The lowest BCUT2D eigenvalue weighted by molar-refractivity contribution is -0.116. The van der Waals surface area contributed by atoms with Crippen molar-refractivity contribution in [3.8, 4) is 0 Å². The summed E-state index contributed by atoms with van der Waals surface area (Å²) in [5.74, 6) is -0.250. The van der Waals surface area contributed by atoms with Gasteiger partial charge in [-0.3, -0.25) is 9.59 Å². The Morgan fingerprint density at radius 1 is 0.833 bits per heavy atom. The number of benzene rings is 2. The van der Waals surface area contributed by atoms with E-state index in [9.17, 15) is 9.59 Å². The van der Waals surface area contributed by atoms with Crippen molar-refractivity contribution >= 4 is 23.0 Å². The Kier molecular flexibility index (Phi) is 4.72. The molecule has 0 fully saturated rings. The topological polar surface area (TPSA) is 63.1 Å². The molecule has 0 saturated carbocycles. The fourth-order valence-electron chi connectivity index (χ4n) is 2.31. The zero-order valence-corrected chi connectivity index (χ0v) is 13.0. The monoisotopic (exact) mass is 319 g/mol. The van der Waals surface area contributed by atoms with Crippen molar-refractivity contribution in [3.63, 3.8) is 0 Å². The van der Waals surface area contributed by atoms with Crippen molar-refractivity contribution < 1.29 is 4.79 Å². The summed E-state index contributed by atoms with van der Waals surface area (Å²) in [5.41, 5.74) is 1.70. The van der Waals surface area contributed by atoms with Crippen LogP contribution in [-0.2, 0) is 11.3 Å². The minimum absolute atomic E-state index is 0.0436. The predicted molar refractivity (Wildman–Crippen MR) is 95.5 cm³/mol. The van der Waals surface area contributed by atoms with Crippen molar-refractivity contribution in [3.05, 3.63) is 89.3 Å². The number of carbonyl (C=O) groups is 1. The van der Waals surface area contributed by atoms with Crippen LogP contribution in [0, 0.1) is 0 Å². The van der Waals surface area contributed by atoms with Crippen LogP contribution in [0.1, 0.15) is 0 Å². The van der Waals surface area contributed by atoms with Crippen molar-refractivity contribution in [1.82, 2.24) is 4.57 Å². The molecule has 1 amide bonds. The number of amides is 1. The molecule has 0 unspecified atom stereocenters. The highest BCUT2D eigenvalue weighted by Crippen LogP contribution is 2.12. The zero-order chi connectivity index (χ0) is 16.8. The van der Waals surface area contributed by atoms with Gasteiger partial charge in [0, 0.05) is 17.6 Å². The summed E-state index contributed by atoms with van der Waals surface area (Å²) >= 11 is 0. The van der Waals surface area contributed by atoms with Crippen LogP contribution in [0.25, 0.3) is 0 Å². The molecule has 120 valence electrons. The number of rotatable bonds is 5. The second-order valence-electron chi connectivity index (χ2n) is 5.26. The molecule has 0 radical (unpaired) electrons. The summed E-state index contributed by atoms with van der Waals surface area (Å²) in [6, 6.07) is 22.0. The van der Waals surface area contributed by atoms with E-state index in [0.717, 1.165) is 5.69 Å². The van der Waals surface area contributed by atoms with Gasteiger partial charge in [0.1, 0.15) is 12.2 Å². The van der Waals surface area contributed by atoms with E-state index in [1.807, 2.05) is 48.5 Å². The average molecular weight is 319 g/mol. The predicted octanol–water partition coefficient (Wildman–Crippen LogP) is 3.23. The van der Waals surface area contributed by atoms with Crippen LogP contribution in [0.15, 0.2) is 83.8 Å². The van der Waals surface area contributed by atoms with Gasteiger partial charge in [0.15, 0.2) is 0 Å². The molecule has 5 heteroatoms. The minimum Gasteiger partial charge on any atom is -0.351 e. The summed E-state index contributed by atoms with van der Waals surface area (Å²) in [4.78, 5) is 24.6. The number of aromatic nitrogens is 1. The number of hydrogen-bond donors (Lipinski definition) is 2. The number of nitrogens with zero attached hydrogens (tertiary/aromatic N) is 1. The van der Waals surface area contributed by atoms with Crippen LogP contribution in [-0.4, -0.2) is 10.5 Å².